The van der Waals surface area contributed by atoms with Crippen LogP contribution in [0, 0.1) is 6.92 Å². The molecule has 1 aromatic heterocycles. The number of aromatic nitrogens is 2. The highest BCUT2D eigenvalue weighted by molar-refractivity contribution is 6.34. The fourth-order valence-electron chi connectivity index (χ4n) is 2.74. The number of hydrogen-bond acceptors (Lipinski definition) is 2. The van der Waals surface area contributed by atoms with Gasteiger partial charge in [0.15, 0.2) is 0 Å². The second-order valence-corrected chi connectivity index (χ2v) is 7.64. The van der Waals surface area contributed by atoms with Crippen LogP contribution in [0.1, 0.15) is 42.4 Å². The van der Waals surface area contributed by atoms with Crippen molar-refractivity contribution in [2.75, 3.05) is 5.32 Å². The van der Waals surface area contributed by atoms with E-state index in [1.165, 1.54) is 5.56 Å². The maximum atomic E-state index is 12.7. The maximum absolute atomic E-state index is 12.7. The summed E-state index contributed by atoms with van der Waals surface area (Å²) < 4.78 is 1.58. The summed E-state index contributed by atoms with van der Waals surface area (Å²) in [6.45, 7) is 8.24. The summed E-state index contributed by atoms with van der Waals surface area (Å²) in [7, 11) is 0. The molecule has 0 aliphatic carbocycles. The fraction of sp³-hybridized carbons (Fsp3) is 0.238. The highest BCUT2D eigenvalue weighted by Crippen LogP contribution is 2.26. The lowest BCUT2D eigenvalue weighted by molar-refractivity contribution is 0.102. The number of nitrogens with zero attached hydrogens (tertiary/aromatic N) is 2. The van der Waals surface area contributed by atoms with E-state index in [-0.39, 0.29) is 11.3 Å². The summed E-state index contributed by atoms with van der Waals surface area (Å²) in [5.74, 6) is -0.266. The monoisotopic (exact) mass is 367 g/mol. The van der Waals surface area contributed by atoms with Crippen molar-refractivity contribution in [1.29, 1.82) is 0 Å². The SMILES string of the molecule is Cc1nn(-c2ccccc2)c(Cl)c1C(=O)Nc1ccc(C(C)(C)C)cc1. The van der Waals surface area contributed by atoms with Crippen LogP contribution in [0.25, 0.3) is 5.69 Å². The largest absolute Gasteiger partial charge is 0.322 e. The van der Waals surface area contributed by atoms with E-state index in [4.69, 9.17) is 11.6 Å². The minimum absolute atomic E-state index is 0.0687. The Labute approximate surface area is 158 Å². The summed E-state index contributed by atoms with van der Waals surface area (Å²) in [6.07, 6.45) is 0. The van der Waals surface area contributed by atoms with E-state index in [2.05, 4.69) is 31.2 Å². The molecule has 0 atom stereocenters. The van der Waals surface area contributed by atoms with E-state index in [1.807, 2.05) is 54.6 Å². The Morgan fingerprint density at radius 1 is 1.04 bits per heavy atom. The first-order valence-corrected chi connectivity index (χ1v) is 8.87. The molecule has 1 N–H and O–H groups in total. The Bertz CT molecular complexity index is 922. The van der Waals surface area contributed by atoms with E-state index in [1.54, 1.807) is 11.6 Å². The molecule has 1 heterocycles. The average molecular weight is 368 g/mol. The zero-order chi connectivity index (χ0) is 18.9. The number of carbonyl (C=O) groups excluding carboxylic acids is 1. The predicted molar refractivity (Wildman–Crippen MR) is 106 cm³/mol. The Hall–Kier alpha value is -2.59. The number of benzene rings is 2. The van der Waals surface area contributed by atoms with Gasteiger partial charge in [-0.05, 0) is 42.2 Å². The molecule has 4 nitrogen and oxygen atoms in total. The van der Waals surface area contributed by atoms with Crippen molar-refractivity contribution in [2.24, 2.45) is 0 Å². The quantitative estimate of drug-likeness (QED) is 0.675. The smallest absolute Gasteiger partial charge is 0.260 e. The van der Waals surface area contributed by atoms with Crippen molar-refractivity contribution in [3.8, 4) is 5.69 Å². The van der Waals surface area contributed by atoms with Crippen molar-refractivity contribution < 1.29 is 4.79 Å². The molecule has 0 aliphatic rings. The third-order valence-corrected chi connectivity index (χ3v) is 4.59. The highest BCUT2D eigenvalue weighted by Gasteiger charge is 2.21. The molecule has 0 aliphatic heterocycles. The molecule has 0 bridgehead atoms. The topological polar surface area (TPSA) is 46.9 Å². The second kappa shape index (κ2) is 6.96. The van der Waals surface area contributed by atoms with Gasteiger partial charge < -0.3 is 5.32 Å². The lowest BCUT2D eigenvalue weighted by atomic mass is 9.87. The van der Waals surface area contributed by atoms with Crippen LogP contribution in [0.4, 0.5) is 5.69 Å². The third-order valence-electron chi connectivity index (χ3n) is 4.24. The zero-order valence-electron chi connectivity index (χ0n) is 15.4. The number of halogens is 1. The van der Waals surface area contributed by atoms with Crippen molar-refractivity contribution in [2.45, 2.75) is 33.1 Å². The Kier molecular flexibility index (Phi) is 4.88. The Morgan fingerprint density at radius 2 is 1.65 bits per heavy atom. The summed E-state index contributed by atoms with van der Waals surface area (Å²) in [4.78, 5) is 12.7. The minimum Gasteiger partial charge on any atom is -0.322 e. The normalized spacial score (nSPS) is 11.4. The minimum atomic E-state index is -0.266. The lowest BCUT2D eigenvalue weighted by Gasteiger charge is -2.19. The van der Waals surface area contributed by atoms with Gasteiger partial charge in [-0.2, -0.15) is 5.10 Å². The van der Waals surface area contributed by atoms with E-state index < -0.39 is 0 Å². The Morgan fingerprint density at radius 3 is 2.23 bits per heavy atom. The molecule has 3 rings (SSSR count). The molecular weight excluding hydrogens is 346 g/mol. The molecule has 0 unspecified atom stereocenters. The highest BCUT2D eigenvalue weighted by atomic mass is 35.5. The van der Waals surface area contributed by atoms with Gasteiger partial charge in [0, 0.05) is 5.69 Å². The number of hydrogen-bond donors (Lipinski definition) is 1. The molecule has 3 aromatic rings. The average Bonchev–Trinajstić information content (AvgIpc) is 2.90. The first-order valence-electron chi connectivity index (χ1n) is 8.50. The van der Waals surface area contributed by atoms with Crippen LogP contribution < -0.4 is 5.32 Å². The van der Waals surface area contributed by atoms with E-state index in [0.29, 0.717) is 16.4 Å². The Balaban J connectivity index is 1.86. The summed E-state index contributed by atoms with van der Waals surface area (Å²) in [5.41, 5.74) is 3.79. The zero-order valence-corrected chi connectivity index (χ0v) is 16.1. The predicted octanol–water partition coefficient (Wildman–Crippen LogP) is 5.38. The molecule has 0 spiro atoms. The molecule has 0 saturated heterocycles. The molecular formula is C21H22ClN3O. The third kappa shape index (κ3) is 3.65. The van der Waals surface area contributed by atoms with Crippen molar-refractivity contribution >= 4 is 23.2 Å². The number of carbonyl (C=O) groups is 1. The molecule has 1 amide bonds. The summed E-state index contributed by atoms with van der Waals surface area (Å²) >= 11 is 6.45. The molecule has 2 aromatic carbocycles. The molecule has 0 fully saturated rings. The van der Waals surface area contributed by atoms with Crippen LogP contribution in [0.3, 0.4) is 0 Å². The van der Waals surface area contributed by atoms with Gasteiger partial charge in [0.1, 0.15) is 10.7 Å². The molecule has 0 saturated carbocycles. The molecule has 5 heteroatoms. The number of aryl methyl sites for hydroxylation is 1. The van der Waals surface area contributed by atoms with E-state index in [0.717, 1.165) is 11.4 Å². The lowest BCUT2D eigenvalue weighted by Crippen LogP contribution is -2.14. The van der Waals surface area contributed by atoms with E-state index >= 15 is 0 Å². The molecule has 134 valence electrons. The van der Waals surface area contributed by atoms with Crippen LogP contribution in [0.15, 0.2) is 54.6 Å². The number of nitrogens with one attached hydrogen (secondary N) is 1. The van der Waals surface area contributed by atoms with Crippen molar-refractivity contribution in [3.05, 3.63) is 76.6 Å². The van der Waals surface area contributed by atoms with Crippen LogP contribution in [0.5, 0.6) is 0 Å². The molecule has 0 radical (unpaired) electrons. The van der Waals surface area contributed by atoms with Crippen LogP contribution >= 0.6 is 11.6 Å². The van der Waals surface area contributed by atoms with Gasteiger partial charge in [0.05, 0.1) is 11.4 Å². The fourth-order valence-corrected chi connectivity index (χ4v) is 3.10. The van der Waals surface area contributed by atoms with Crippen molar-refractivity contribution in [1.82, 2.24) is 9.78 Å². The number of para-hydroxylation sites is 1. The van der Waals surface area contributed by atoms with Gasteiger partial charge >= 0.3 is 0 Å². The summed E-state index contributed by atoms with van der Waals surface area (Å²) in [5, 5.41) is 7.62. The number of rotatable bonds is 3. The standard InChI is InChI=1S/C21H22ClN3O/c1-14-18(19(22)25(24-14)17-8-6-5-7-9-17)20(26)23-16-12-10-15(11-13-16)21(2,3)4/h5-13H,1-4H3,(H,23,26). The van der Waals surface area contributed by atoms with Crippen LogP contribution in [-0.4, -0.2) is 15.7 Å². The van der Waals surface area contributed by atoms with Crippen molar-refractivity contribution in [3.63, 3.8) is 0 Å². The first-order chi connectivity index (χ1) is 12.3. The number of amides is 1. The van der Waals surface area contributed by atoms with Crippen LogP contribution in [0.2, 0.25) is 5.15 Å². The van der Waals surface area contributed by atoms with Crippen LogP contribution in [-0.2, 0) is 5.41 Å². The number of anilines is 1. The van der Waals surface area contributed by atoms with Gasteiger partial charge in [-0.25, -0.2) is 4.68 Å². The first kappa shape index (κ1) is 18.2. The van der Waals surface area contributed by atoms with Gasteiger partial charge in [-0.15, -0.1) is 0 Å². The van der Waals surface area contributed by atoms with Gasteiger partial charge in [0.25, 0.3) is 5.91 Å². The summed E-state index contributed by atoms with van der Waals surface area (Å²) in [6, 6.07) is 17.4. The second-order valence-electron chi connectivity index (χ2n) is 7.28. The van der Waals surface area contributed by atoms with Gasteiger partial charge in [0.2, 0.25) is 0 Å². The van der Waals surface area contributed by atoms with Gasteiger partial charge in [-0.1, -0.05) is 62.7 Å². The van der Waals surface area contributed by atoms with Gasteiger partial charge in [-0.3, -0.25) is 4.79 Å². The maximum Gasteiger partial charge on any atom is 0.260 e. The molecule has 26 heavy (non-hydrogen) atoms. The van der Waals surface area contributed by atoms with E-state index in [9.17, 15) is 4.79 Å².